The van der Waals surface area contributed by atoms with Gasteiger partial charge >= 0.3 is 0 Å². The molecule has 0 spiro atoms. The first-order chi connectivity index (χ1) is 14.1. The van der Waals surface area contributed by atoms with Crippen molar-refractivity contribution >= 4 is 47.2 Å². The number of halogens is 2. The third-order valence-corrected chi connectivity index (χ3v) is 5.05. The summed E-state index contributed by atoms with van der Waals surface area (Å²) in [6, 6.07) is 13.4. The third-order valence-electron chi connectivity index (χ3n) is 4.81. The summed E-state index contributed by atoms with van der Waals surface area (Å²) < 4.78 is 16.1. The molecule has 9 heteroatoms. The van der Waals surface area contributed by atoms with Gasteiger partial charge in [0, 0.05) is 29.9 Å². The molecule has 30 heavy (non-hydrogen) atoms. The van der Waals surface area contributed by atoms with Gasteiger partial charge in [-0.2, -0.15) is 0 Å². The Morgan fingerprint density at radius 1 is 1.17 bits per heavy atom. The Labute approximate surface area is 199 Å². The maximum absolute atomic E-state index is 6.21. The van der Waals surface area contributed by atoms with E-state index in [0.29, 0.717) is 42.2 Å². The lowest BCUT2D eigenvalue weighted by Gasteiger charge is -2.34. The summed E-state index contributed by atoms with van der Waals surface area (Å²) in [6.07, 6.45) is 0. The van der Waals surface area contributed by atoms with Gasteiger partial charge in [0.05, 0.1) is 40.0 Å². The maximum Gasteiger partial charge on any atom is 0.193 e. The van der Waals surface area contributed by atoms with E-state index in [-0.39, 0.29) is 30.0 Å². The minimum atomic E-state index is 0. The molecule has 1 heterocycles. The molecule has 0 radical (unpaired) electrons. The molecule has 1 aliphatic rings. The summed E-state index contributed by atoms with van der Waals surface area (Å²) in [5, 5.41) is 3.82. The fraction of sp³-hybridized carbons (Fsp3) is 0.381. The Bertz CT molecular complexity index is 847. The number of ether oxygens (including phenoxy) is 3. The third kappa shape index (κ3) is 6.63. The lowest BCUT2D eigenvalue weighted by atomic mass is 10.0. The summed E-state index contributed by atoms with van der Waals surface area (Å²) >= 11 is 6.21. The number of anilines is 1. The Kier molecular flexibility index (Phi) is 9.96. The van der Waals surface area contributed by atoms with Crippen molar-refractivity contribution in [2.24, 2.45) is 10.7 Å². The molecule has 1 fully saturated rings. The van der Waals surface area contributed by atoms with Gasteiger partial charge in [0.1, 0.15) is 0 Å². The molecular formula is C21H28ClIN4O3. The van der Waals surface area contributed by atoms with Crippen molar-refractivity contribution in [1.29, 1.82) is 0 Å². The molecule has 2 aromatic carbocycles. The van der Waals surface area contributed by atoms with Gasteiger partial charge in [-0.15, -0.1) is 24.0 Å². The van der Waals surface area contributed by atoms with Gasteiger partial charge in [-0.25, -0.2) is 0 Å². The van der Waals surface area contributed by atoms with Crippen molar-refractivity contribution in [1.82, 2.24) is 4.90 Å². The molecule has 0 aromatic heterocycles. The number of rotatable bonds is 7. The van der Waals surface area contributed by atoms with Crippen molar-refractivity contribution in [3.05, 3.63) is 53.1 Å². The average molecular weight is 547 g/mol. The van der Waals surface area contributed by atoms with Gasteiger partial charge in [0.2, 0.25) is 0 Å². The highest BCUT2D eigenvalue weighted by Crippen LogP contribution is 2.30. The molecule has 0 amide bonds. The number of hydrogen-bond acceptors (Lipinski definition) is 5. The number of nitrogens with one attached hydrogen (secondary N) is 1. The Balaban J connectivity index is 0.00000320. The van der Waals surface area contributed by atoms with E-state index in [4.69, 9.17) is 31.5 Å². The molecule has 0 bridgehead atoms. The second-order valence-electron chi connectivity index (χ2n) is 6.64. The summed E-state index contributed by atoms with van der Waals surface area (Å²) in [4.78, 5) is 6.93. The van der Waals surface area contributed by atoms with Crippen LogP contribution in [0.4, 0.5) is 5.69 Å². The lowest BCUT2D eigenvalue weighted by Crippen LogP contribution is -2.40. The number of hydrogen-bond donors (Lipinski definition) is 2. The first-order valence-corrected chi connectivity index (χ1v) is 9.84. The molecule has 0 saturated carbocycles. The van der Waals surface area contributed by atoms with Crippen LogP contribution in [0.1, 0.15) is 11.6 Å². The first kappa shape index (κ1) is 24.5. The fourth-order valence-corrected chi connectivity index (χ4v) is 3.52. The number of nitrogens with zero attached hydrogens (tertiary/aromatic N) is 2. The van der Waals surface area contributed by atoms with Crippen molar-refractivity contribution in [3.8, 4) is 11.5 Å². The van der Waals surface area contributed by atoms with Crippen LogP contribution < -0.4 is 20.5 Å². The van der Waals surface area contributed by atoms with Crippen LogP contribution in [0, 0.1) is 0 Å². The van der Waals surface area contributed by atoms with E-state index in [0.717, 1.165) is 24.3 Å². The van der Waals surface area contributed by atoms with E-state index < -0.39 is 0 Å². The highest BCUT2D eigenvalue weighted by Gasteiger charge is 2.22. The van der Waals surface area contributed by atoms with Crippen molar-refractivity contribution < 1.29 is 14.2 Å². The Morgan fingerprint density at radius 2 is 1.90 bits per heavy atom. The van der Waals surface area contributed by atoms with Gasteiger partial charge in [0.15, 0.2) is 17.5 Å². The highest BCUT2D eigenvalue weighted by atomic mass is 127. The van der Waals surface area contributed by atoms with E-state index in [1.807, 2.05) is 36.4 Å². The van der Waals surface area contributed by atoms with Crippen LogP contribution in [0.15, 0.2) is 47.5 Å². The van der Waals surface area contributed by atoms with Crippen LogP contribution in [-0.4, -0.2) is 57.9 Å². The Morgan fingerprint density at radius 3 is 2.57 bits per heavy atom. The van der Waals surface area contributed by atoms with Gasteiger partial charge in [-0.05, 0) is 29.8 Å². The van der Waals surface area contributed by atoms with Crippen LogP contribution in [0.5, 0.6) is 11.5 Å². The zero-order valence-corrected chi connectivity index (χ0v) is 20.2. The number of methoxy groups -OCH3 is 2. The average Bonchev–Trinajstić information content (AvgIpc) is 2.74. The van der Waals surface area contributed by atoms with E-state index in [9.17, 15) is 0 Å². The van der Waals surface area contributed by atoms with Gasteiger partial charge in [0.25, 0.3) is 0 Å². The van der Waals surface area contributed by atoms with Crippen molar-refractivity contribution in [2.75, 3.05) is 52.4 Å². The van der Waals surface area contributed by atoms with Crippen LogP contribution in [0.25, 0.3) is 0 Å². The molecule has 3 rings (SSSR count). The topological polar surface area (TPSA) is 81.3 Å². The van der Waals surface area contributed by atoms with Crippen LogP contribution in [0.3, 0.4) is 0 Å². The number of benzene rings is 2. The summed E-state index contributed by atoms with van der Waals surface area (Å²) in [7, 11) is 3.19. The van der Waals surface area contributed by atoms with E-state index >= 15 is 0 Å². The van der Waals surface area contributed by atoms with Gasteiger partial charge < -0.3 is 25.3 Å². The standard InChI is InChI=1S/C21H27ClN4O3.HI/c1-27-19-7-6-17(13-20(19)28-2)25-21(23)24-14-18(26-8-10-29-11-9-26)15-4-3-5-16(22)12-15;/h3-7,12-13,18H,8-11,14H2,1-2H3,(H3,23,24,25);1H. The van der Waals surface area contributed by atoms with Gasteiger partial charge in [-0.3, -0.25) is 9.89 Å². The highest BCUT2D eigenvalue weighted by molar-refractivity contribution is 14.0. The van der Waals surface area contributed by atoms with Crippen LogP contribution in [-0.2, 0) is 4.74 Å². The van der Waals surface area contributed by atoms with E-state index in [1.165, 1.54) is 0 Å². The zero-order chi connectivity index (χ0) is 20.6. The maximum atomic E-state index is 6.21. The minimum Gasteiger partial charge on any atom is -0.493 e. The molecule has 1 aliphatic heterocycles. The summed E-state index contributed by atoms with van der Waals surface area (Å²) in [5.74, 6) is 1.61. The first-order valence-electron chi connectivity index (χ1n) is 9.47. The summed E-state index contributed by atoms with van der Waals surface area (Å²) in [5.41, 5.74) is 8.04. The van der Waals surface area contributed by atoms with Gasteiger partial charge in [-0.1, -0.05) is 23.7 Å². The second-order valence-corrected chi connectivity index (χ2v) is 7.08. The Hall–Kier alpha value is -1.75. The molecular weight excluding hydrogens is 519 g/mol. The largest absolute Gasteiger partial charge is 0.493 e. The molecule has 3 N–H and O–H groups in total. The number of aliphatic imine (C=N–C) groups is 1. The van der Waals surface area contributed by atoms with Crippen molar-refractivity contribution in [2.45, 2.75) is 6.04 Å². The lowest BCUT2D eigenvalue weighted by molar-refractivity contribution is 0.0180. The minimum absolute atomic E-state index is 0. The van der Waals surface area contributed by atoms with Crippen LogP contribution >= 0.6 is 35.6 Å². The zero-order valence-electron chi connectivity index (χ0n) is 17.1. The molecule has 7 nitrogen and oxygen atoms in total. The molecule has 164 valence electrons. The SMILES string of the molecule is COc1ccc(NC(N)=NCC(c2cccc(Cl)c2)N2CCOCC2)cc1OC.I. The number of nitrogens with two attached hydrogens (primary N) is 1. The monoisotopic (exact) mass is 546 g/mol. The quantitative estimate of drug-likeness (QED) is 0.313. The van der Waals surface area contributed by atoms with E-state index in [1.54, 1.807) is 14.2 Å². The van der Waals surface area contributed by atoms with Crippen LogP contribution in [0.2, 0.25) is 5.02 Å². The molecule has 2 aromatic rings. The molecule has 1 atom stereocenters. The normalized spacial score (nSPS) is 15.8. The fourth-order valence-electron chi connectivity index (χ4n) is 3.32. The molecule has 0 aliphatic carbocycles. The van der Waals surface area contributed by atoms with Crippen molar-refractivity contribution in [3.63, 3.8) is 0 Å². The molecule has 1 unspecified atom stereocenters. The number of morpholine rings is 1. The smallest absolute Gasteiger partial charge is 0.193 e. The number of guanidine groups is 1. The predicted octanol–water partition coefficient (Wildman–Crippen LogP) is 3.78. The summed E-state index contributed by atoms with van der Waals surface area (Å²) in [6.45, 7) is 3.61. The second kappa shape index (κ2) is 12.2. The predicted molar refractivity (Wildman–Crippen MR) is 132 cm³/mol. The molecule has 1 saturated heterocycles. The van der Waals surface area contributed by atoms with E-state index in [2.05, 4.69) is 21.3 Å².